The molecule has 0 bridgehead atoms. The van der Waals surface area contributed by atoms with Gasteiger partial charge >= 0.3 is 0 Å². The summed E-state index contributed by atoms with van der Waals surface area (Å²) >= 11 is 0. The molecule has 1 fully saturated rings. The fourth-order valence-corrected chi connectivity index (χ4v) is 3.54. The van der Waals surface area contributed by atoms with Crippen LogP contribution in [-0.2, 0) is 0 Å². The highest BCUT2D eigenvalue weighted by Crippen LogP contribution is 2.35. The maximum atomic E-state index is 14.9. The zero-order valence-corrected chi connectivity index (χ0v) is 17.6. The summed E-state index contributed by atoms with van der Waals surface area (Å²) in [6, 6.07) is 4.59. The first-order valence-electron chi connectivity index (χ1n) is 10.0. The Morgan fingerprint density at radius 3 is 2.68 bits per heavy atom. The van der Waals surface area contributed by atoms with Crippen molar-refractivity contribution in [2.45, 2.75) is 19.9 Å². The molecule has 1 unspecified atom stereocenters. The molecule has 2 N–H and O–H groups in total. The van der Waals surface area contributed by atoms with Gasteiger partial charge in [-0.2, -0.15) is 0 Å². The summed E-state index contributed by atoms with van der Waals surface area (Å²) < 4.78 is 20.0. The van der Waals surface area contributed by atoms with Crippen molar-refractivity contribution in [3.8, 4) is 34.1 Å². The number of phenols is 1. The zero-order valence-electron chi connectivity index (χ0n) is 17.6. The van der Waals surface area contributed by atoms with Gasteiger partial charge in [-0.15, -0.1) is 10.2 Å². The molecule has 1 atom stereocenters. The van der Waals surface area contributed by atoms with Gasteiger partial charge in [-0.05, 0) is 18.1 Å². The summed E-state index contributed by atoms with van der Waals surface area (Å²) in [6.07, 6.45) is 2.74. The second-order valence-corrected chi connectivity index (χ2v) is 7.69. The zero-order chi connectivity index (χ0) is 22.0. The number of methoxy groups -OCH3 is 1. The number of hydrogen-bond donors (Lipinski definition) is 2. The minimum Gasteiger partial charge on any atom is -0.507 e. The summed E-state index contributed by atoms with van der Waals surface area (Å²) in [5.41, 5.74) is 0.904. The molecule has 1 saturated heterocycles. The first-order chi connectivity index (χ1) is 15.0. The van der Waals surface area contributed by atoms with Gasteiger partial charge in [0.15, 0.2) is 0 Å². The normalized spacial score (nSPS) is 16.5. The Morgan fingerprint density at radius 2 is 2.00 bits per heavy atom. The van der Waals surface area contributed by atoms with Gasteiger partial charge in [0.05, 0.1) is 24.6 Å². The van der Waals surface area contributed by atoms with E-state index in [2.05, 4.69) is 49.2 Å². The monoisotopic (exact) mass is 425 g/mol. The summed E-state index contributed by atoms with van der Waals surface area (Å²) in [4.78, 5) is 14.5. The predicted molar refractivity (Wildman–Crippen MR) is 113 cm³/mol. The molecule has 0 amide bonds. The lowest BCUT2D eigenvalue weighted by atomic mass is 10.0. The lowest BCUT2D eigenvalue weighted by Gasteiger charge is -2.35. The molecule has 1 aliphatic rings. The lowest BCUT2D eigenvalue weighted by Crippen LogP contribution is -2.53. The molecule has 1 aliphatic heterocycles. The maximum absolute atomic E-state index is 14.9. The molecule has 0 saturated carbocycles. The summed E-state index contributed by atoms with van der Waals surface area (Å²) in [7, 11) is 1.48. The second kappa shape index (κ2) is 8.76. The van der Waals surface area contributed by atoms with Crippen LogP contribution in [0, 0.1) is 11.7 Å². The number of benzene rings is 1. The van der Waals surface area contributed by atoms with E-state index in [9.17, 15) is 9.50 Å². The number of anilines is 1. The van der Waals surface area contributed by atoms with Gasteiger partial charge in [-0.25, -0.2) is 19.3 Å². The van der Waals surface area contributed by atoms with Gasteiger partial charge in [-0.3, -0.25) is 0 Å². The van der Waals surface area contributed by atoms with Crippen molar-refractivity contribution in [2.24, 2.45) is 5.92 Å². The standard InChI is InChI=1S/C21H24FN7O2/c1-12(2)17-10-29(5-4-23-17)21-24-9-16(27-28-21)20-14(22)6-13(7-18(20)30)15-8-19(31-3)26-11-25-15/h6-9,11-12,17,23,30H,4-5,10H2,1-3H3. The van der Waals surface area contributed by atoms with Gasteiger partial charge in [0.1, 0.15) is 23.6 Å². The van der Waals surface area contributed by atoms with Gasteiger partial charge in [0, 0.05) is 37.3 Å². The van der Waals surface area contributed by atoms with E-state index in [1.54, 1.807) is 6.07 Å². The van der Waals surface area contributed by atoms with E-state index < -0.39 is 5.82 Å². The highest BCUT2D eigenvalue weighted by molar-refractivity contribution is 5.73. The Kier molecular flexibility index (Phi) is 5.90. The molecular weight excluding hydrogens is 401 g/mol. The van der Waals surface area contributed by atoms with Crippen LogP contribution in [0.1, 0.15) is 13.8 Å². The van der Waals surface area contributed by atoms with Crippen molar-refractivity contribution in [3.63, 3.8) is 0 Å². The molecule has 0 aliphatic carbocycles. The Balaban J connectivity index is 1.59. The van der Waals surface area contributed by atoms with E-state index in [1.807, 2.05) is 0 Å². The number of aromatic nitrogens is 5. The molecule has 9 nitrogen and oxygen atoms in total. The van der Waals surface area contributed by atoms with E-state index in [0.717, 1.165) is 19.6 Å². The molecule has 3 aromatic rings. The molecular formula is C21H24FN7O2. The van der Waals surface area contributed by atoms with Crippen molar-refractivity contribution in [2.75, 3.05) is 31.6 Å². The van der Waals surface area contributed by atoms with Gasteiger partial charge in [0.25, 0.3) is 0 Å². The average Bonchev–Trinajstić information content (AvgIpc) is 2.79. The first-order valence-corrected chi connectivity index (χ1v) is 10.0. The second-order valence-electron chi connectivity index (χ2n) is 7.69. The third kappa shape index (κ3) is 4.38. The van der Waals surface area contributed by atoms with Crippen LogP contribution in [0.25, 0.3) is 22.5 Å². The summed E-state index contributed by atoms with van der Waals surface area (Å²) in [6.45, 7) is 6.70. The lowest BCUT2D eigenvalue weighted by molar-refractivity contribution is 0.365. The van der Waals surface area contributed by atoms with E-state index in [0.29, 0.717) is 35.0 Å². The highest BCUT2D eigenvalue weighted by Gasteiger charge is 2.24. The minimum atomic E-state index is -0.654. The van der Waals surface area contributed by atoms with Crippen molar-refractivity contribution < 1.29 is 14.2 Å². The van der Waals surface area contributed by atoms with Crippen LogP contribution in [0.4, 0.5) is 10.3 Å². The quantitative estimate of drug-likeness (QED) is 0.636. The van der Waals surface area contributed by atoms with E-state index >= 15 is 0 Å². The first kappa shape index (κ1) is 20.9. The number of ether oxygens (including phenoxy) is 1. The van der Waals surface area contributed by atoms with Crippen LogP contribution < -0.4 is 15.0 Å². The number of rotatable bonds is 5. The van der Waals surface area contributed by atoms with E-state index in [-0.39, 0.29) is 17.0 Å². The largest absolute Gasteiger partial charge is 0.507 e. The van der Waals surface area contributed by atoms with Gasteiger partial charge in [-0.1, -0.05) is 13.8 Å². The molecule has 1 aromatic carbocycles. The number of piperazine rings is 1. The predicted octanol–water partition coefficient (Wildman–Crippen LogP) is 2.28. The van der Waals surface area contributed by atoms with Crippen molar-refractivity contribution in [1.82, 2.24) is 30.5 Å². The number of aromatic hydroxyl groups is 1. The Labute approximate surface area is 179 Å². The maximum Gasteiger partial charge on any atom is 0.245 e. The number of halogens is 1. The van der Waals surface area contributed by atoms with Crippen LogP contribution >= 0.6 is 0 Å². The van der Waals surface area contributed by atoms with Crippen molar-refractivity contribution in [3.05, 3.63) is 36.5 Å². The topological polar surface area (TPSA) is 109 Å². The molecule has 3 heterocycles. The fraction of sp³-hybridized carbons (Fsp3) is 0.381. The Hall–Kier alpha value is -3.40. The van der Waals surface area contributed by atoms with Crippen molar-refractivity contribution in [1.29, 1.82) is 0 Å². The third-order valence-corrected chi connectivity index (χ3v) is 5.31. The summed E-state index contributed by atoms with van der Waals surface area (Å²) in [5.74, 6) is 0.374. The van der Waals surface area contributed by atoms with Crippen LogP contribution in [0.3, 0.4) is 0 Å². The summed E-state index contributed by atoms with van der Waals surface area (Å²) in [5, 5.41) is 22.3. The molecule has 10 heteroatoms. The van der Waals surface area contributed by atoms with Crippen LogP contribution in [0.15, 0.2) is 30.7 Å². The number of nitrogens with zero attached hydrogens (tertiary/aromatic N) is 6. The number of hydrogen-bond acceptors (Lipinski definition) is 9. The van der Waals surface area contributed by atoms with E-state index in [1.165, 1.54) is 31.8 Å². The highest BCUT2D eigenvalue weighted by atomic mass is 19.1. The third-order valence-electron chi connectivity index (χ3n) is 5.31. The van der Waals surface area contributed by atoms with E-state index in [4.69, 9.17) is 4.74 Å². The smallest absolute Gasteiger partial charge is 0.245 e. The molecule has 4 rings (SSSR count). The van der Waals surface area contributed by atoms with Gasteiger partial charge in [0.2, 0.25) is 11.8 Å². The van der Waals surface area contributed by atoms with Gasteiger partial charge < -0.3 is 20.1 Å². The van der Waals surface area contributed by atoms with Crippen LogP contribution in [-0.4, -0.2) is 63.0 Å². The van der Waals surface area contributed by atoms with Crippen LogP contribution in [0.2, 0.25) is 0 Å². The molecule has 31 heavy (non-hydrogen) atoms. The SMILES string of the molecule is COc1cc(-c2cc(O)c(-c3cnc(N4CCNC(C(C)C)C4)nn3)c(F)c2)ncn1. The molecule has 0 spiro atoms. The number of nitrogens with one attached hydrogen (secondary N) is 1. The van der Waals surface area contributed by atoms with Crippen LogP contribution in [0.5, 0.6) is 11.6 Å². The molecule has 2 aromatic heterocycles. The minimum absolute atomic E-state index is 0.0586. The molecule has 0 radical (unpaired) electrons. The Morgan fingerprint density at radius 1 is 1.16 bits per heavy atom. The van der Waals surface area contributed by atoms with Crippen molar-refractivity contribution >= 4 is 5.95 Å². The fourth-order valence-electron chi connectivity index (χ4n) is 3.54. The molecule has 162 valence electrons. The Bertz CT molecular complexity index is 1040. The number of phenolic OH excluding ortho intramolecular Hbond substituents is 1. The average molecular weight is 425 g/mol.